The summed E-state index contributed by atoms with van der Waals surface area (Å²) >= 11 is 1.81. The number of furan rings is 1. The largest absolute Gasteiger partial charge is 0.459 e. The molecule has 0 N–H and O–H groups in total. The second-order valence-corrected chi connectivity index (χ2v) is 6.98. The van der Waals surface area contributed by atoms with Crippen molar-refractivity contribution in [1.29, 1.82) is 0 Å². The Morgan fingerprint density at radius 3 is 3.00 bits per heavy atom. The molecule has 5 heteroatoms. The molecule has 110 valence electrons. The first kappa shape index (κ1) is 13.1. The van der Waals surface area contributed by atoms with Crippen molar-refractivity contribution in [2.75, 3.05) is 19.6 Å². The van der Waals surface area contributed by atoms with Crippen molar-refractivity contribution in [3.63, 3.8) is 0 Å². The van der Waals surface area contributed by atoms with E-state index in [0.717, 1.165) is 26.2 Å². The van der Waals surface area contributed by atoms with E-state index in [1.54, 1.807) is 18.4 Å². The highest BCUT2D eigenvalue weighted by Gasteiger charge is 2.40. The Labute approximate surface area is 128 Å². The number of piperidine rings is 1. The molecule has 2 aromatic heterocycles. The van der Waals surface area contributed by atoms with Crippen LogP contribution >= 0.6 is 11.3 Å². The second kappa shape index (κ2) is 5.31. The van der Waals surface area contributed by atoms with E-state index in [2.05, 4.69) is 22.4 Å². The van der Waals surface area contributed by atoms with E-state index in [1.807, 2.05) is 16.2 Å². The third-order valence-electron chi connectivity index (χ3n) is 4.48. The minimum Gasteiger partial charge on any atom is -0.459 e. The molecule has 2 fully saturated rings. The van der Waals surface area contributed by atoms with Crippen molar-refractivity contribution < 1.29 is 9.21 Å². The minimum absolute atomic E-state index is 0.0349. The molecular formula is C16H18N2O2S. The van der Waals surface area contributed by atoms with E-state index in [9.17, 15) is 4.79 Å². The Bertz CT molecular complexity index is 608. The van der Waals surface area contributed by atoms with Gasteiger partial charge in [-0.05, 0) is 35.9 Å². The van der Waals surface area contributed by atoms with E-state index in [0.29, 0.717) is 17.7 Å². The third kappa shape index (κ3) is 2.51. The number of likely N-dealkylation sites (tertiary alicyclic amines) is 2. The summed E-state index contributed by atoms with van der Waals surface area (Å²) in [5, 5.41) is 2.13. The van der Waals surface area contributed by atoms with Crippen LogP contribution in [0.3, 0.4) is 0 Å². The highest BCUT2D eigenvalue weighted by Crippen LogP contribution is 2.32. The third-order valence-corrected chi connectivity index (χ3v) is 5.34. The summed E-state index contributed by atoms with van der Waals surface area (Å²) in [4.78, 5) is 18.3. The van der Waals surface area contributed by atoms with Gasteiger partial charge in [-0.15, -0.1) is 11.3 Å². The molecule has 0 unspecified atom stereocenters. The SMILES string of the molecule is O=C(c1ccco1)N1C[C@H]2C[C@@H](C1)N(Cc1cccs1)C2. The van der Waals surface area contributed by atoms with Gasteiger partial charge in [0.1, 0.15) is 0 Å². The molecule has 2 aliphatic rings. The molecule has 2 bridgehead atoms. The first-order valence-electron chi connectivity index (χ1n) is 7.39. The number of hydrogen-bond acceptors (Lipinski definition) is 4. The van der Waals surface area contributed by atoms with E-state index in [1.165, 1.54) is 11.3 Å². The Morgan fingerprint density at radius 2 is 2.24 bits per heavy atom. The average molecular weight is 302 g/mol. The van der Waals surface area contributed by atoms with Gasteiger partial charge in [-0.2, -0.15) is 0 Å². The number of nitrogens with zero attached hydrogens (tertiary/aromatic N) is 2. The summed E-state index contributed by atoms with van der Waals surface area (Å²) in [7, 11) is 0. The number of rotatable bonds is 3. The van der Waals surface area contributed by atoms with Crippen molar-refractivity contribution in [1.82, 2.24) is 9.80 Å². The summed E-state index contributed by atoms with van der Waals surface area (Å²) in [6.07, 6.45) is 2.78. The van der Waals surface area contributed by atoms with Crippen molar-refractivity contribution in [3.05, 3.63) is 46.5 Å². The normalized spacial score (nSPS) is 25.4. The van der Waals surface area contributed by atoms with Crippen LogP contribution in [0.15, 0.2) is 40.3 Å². The van der Waals surface area contributed by atoms with E-state index >= 15 is 0 Å². The molecule has 2 atom stereocenters. The highest BCUT2D eigenvalue weighted by molar-refractivity contribution is 7.09. The Balaban J connectivity index is 1.45. The molecular weight excluding hydrogens is 284 g/mol. The Morgan fingerprint density at radius 1 is 1.29 bits per heavy atom. The van der Waals surface area contributed by atoms with Crippen LogP contribution in [0.1, 0.15) is 21.9 Å². The van der Waals surface area contributed by atoms with Gasteiger partial charge in [0.25, 0.3) is 5.91 Å². The monoisotopic (exact) mass is 302 g/mol. The lowest BCUT2D eigenvalue weighted by Gasteiger charge is -2.32. The van der Waals surface area contributed by atoms with Crippen LogP contribution in [0.2, 0.25) is 0 Å². The van der Waals surface area contributed by atoms with E-state index in [-0.39, 0.29) is 5.91 Å². The van der Waals surface area contributed by atoms with Crippen molar-refractivity contribution in [2.45, 2.75) is 19.0 Å². The number of amides is 1. The van der Waals surface area contributed by atoms with E-state index in [4.69, 9.17) is 4.42 Å². The fourth-order valence-electron chi connectivity index (χ4n) is 3.57. The number of fused-ring (bicyclic) bond motifs is 2. The zero-order valence-corrected chi connectivity index (χ0v) is 12.6. The lowest BCUT2D eigenvalue weighted by atomic mass is 10.00. The molecule has 2 aromatic rings. The minimum atomic E-state index is 0.0349. The molecule has 0 saturated carbocycles. The summed E-state index contributed by atoms with van der Waals surface area (Å²) < 4.78 is 5.25. The zero-order chi connectivity index (χ0) is 14.2. The summed E-state index contributed by atoms with van der Waals surface area (Å²) in [5.41, 5.74) is 0. The van der Waals surface area contributed by atoms with E-state index < -0.39 is 0 Å². The molecule has 0 spiro atoms. The van der Waals surface area contributed by atoms with Crippen molar-refractivity contribution in [2.24, 2.45) is 5.92 Å². The van der Waals surface area contributed by atoms with Crippen LogP contribution in [0.5, 0.6) is 0 Å². The van der Waals surface area contributed by atoms with Crippen LogP contribution < -0.4 is 0 Å². The standard InChI is InChI=1S/C16H18N2O2S/c19-16(15-4-1-5-20-15)18-9-12-7-13(10-18)17(8-12)11-14-3-2-6-21-14/h1-6,12-13H,7-11H2/t12-,13-/m0/s1. The van der Waals surface area contributed by atoms with Gasteiger partial charge in [0.05, 0.1) is 6.26 Å². The van der Waals surface area contributed by atoms with Gasteiger partial charge in [-0.25, -0.2) is 0 Å². The smallest absolute Gasteiger partial charge is 0.289 e. The number of carbonyl (C=O) groups excluding carboxylic acids is 1. The quantitative estimate of drug-likeness (QED) is 0.874. The molecule has 2 aliphatic heterocycles. The topological polar surface area (TPSA) is 36.7 Å². The predicted octanol–water partition coefficient (Wildman–Crippen LogP) is 2.69. The van der Waals surface area contributed by atoms with Gasteiger partial charge in [0.2, 0.25) is 0 Å². The predicted molar refractivity (Wildman–Crippen MR) is 81.2 cm³/mol. The van der Waals surface area contributed by atoms with Gasteiger partial charge < -0.3 is 9.32 Å². The van der Waals surface area contributed by atoms with Gasteiger partial charge >= 0.3 is 0 Å². The lowest BCUT2D eigenvalue weighted by Crippen LogP contribution is -2.45. The average Bonchev–Trinajstić information content (AvgIpc) is 3.22. The molecule has 0 aliphatic carbocycles. The van der Waals surface area contributed by atoms with Gasteiger partial charge in [0.15, 0.2) is 5.76 Å². The van der Waals surface area contributed by atoms with Crippen LogP contribution in [0.25, 0.3) is 0 Å². The molecule has 2 saturated heterocycles. The lowest BCUT2D eigenvalue weighted by molar-refractivity contribution is 0.0636. The number of hydrogen-bond donors (Lipinski definition) is 0. The van der Waals surface area contributed by atoms with Crippen LogP contribution in [-0.2, 0) is 6.54 Å². The van der Waals surface area contributed by atoms with Gasteiger partial charge in [0, 0.05) is 37.1 Å². The zero-order valence-electron chi connectivity index (χ0n) is 11.8. The summed E-state index contributed by atoms with van der Waals surface area (Å²) in [6, 6.07) is 8.31. The molecule has 4 heterocycles. The van der Waals surface area contributed by atoms with Crippen LogP contribution in [0, 0.1) is 5.92 Å². The Kier molecular flexibility index (Phi) is 3.31. The summed E-state index contributed by atoms with van der Waals surface area (Å²) in [6.45, 7) is 3.80. The first-order valence-corrected chi connectivity index (χ1v) is 8.27. The molecule has 0 radical (unpaired) electrons. The maximum absolute atomic E-state index is 12.4. The molecule has 21 heavy (non-hydrogen) atoms. The molecule has 4 rings (SSSR count). The van der Waals surface area contributed by atoms with Crippen molar-refractivity contribution >= 4 is 17.2 Å². The van der Waals surface area contributed by atoms with Gasteiger partial charge in [-0.1, -0.05) is 6.07 Å². The second-order valence-electron chi connectivity index (χ2n) is 5.95. The fourth-order valence-corrected chi connectivity index (χ4v) is 4.30. The number of carbonyl (C=O) groups is 1. The van der Waals surface area contributed by atoms with Crippen LogP contribution in [-0.4, -0.2) is 41.4 Å². The molecule has 1 amide bonds. The van der Waals surface area contributed by atoms with Crippen LogP contribution in [0.4, 0.5) is 0 Å². The number of thiophene rings is 1. The highest BCUT2D eigenvalue weighted by atomic mass is 32.1. The fraction of sp³-hybridized carbons (Fsp3) is 0.438. The summed E-state index contributed by atoms with van der Waals surface area (Å²) in [5.74, 6) is 1.09. The van der Waals surface area contributed by atoms with Gasteiger partial charge in [-0.3, -0.25) is 9.69 Å². The molecule has 0 aromatic carbocycles. The van der Waals surface area contributed by atoms with Crippen molar-refractivity contribution in [3.8, 4) is 0 Å². The molecule has 4 nitrogen and oxygen atoms in total. The maximum Gasteiger partial charge on any atom is 0.289 e. The first-order chi connectivity index (χ1) is 10.3. The Hall–Kier alpha value is -1.59. The maximum atomic E-state index is 12.4.